The van der Waals surface area contributed by atoms with Crippen LogP contribution in [-0.4, -0.2) is 4.98 Å². The zero-order valence-electron chi connectivity index (χ0n) is 6.11. The second-order valence-electron chi connectivity index (χ2n) is 2.24. The maximum Gasteiger partial charge on any atom is 0.265 e. The number of halogens is 4. The fraction of sp³-hybridized carbons (Fsp3) is 0.286. The van der Waals surface area contributed by atoms with Crippen molar-refractivity contribution in [2.75, 3.05) is 0 Å². The van der Waals surface area contributed by atoms with Crippen molar-refractivity contribution < 1.29 is 8.78 Å². The summed E-state index contributed by atoms with van der Waals surface area (Å²) < 4.78 is 25.3. The van der Waals surface area contributed by atoms with Crippen LogP contribution in [0.4, 0.5) is 8.78 Å². The number of rotatable bonds is 1. The van der Waals surface area contributed by atoms with Gasteiger partial charge in [0.05, 0.1) is 5.02 Å². The SMILES string of the molecule is Cc1c(I)ncc(Cl)c1C(F)F. The maximum atomic E-state index is 12.4. The predicted molar refractivity (Wildman–Crippen MR) is 51.7 cm³/mol. The van der Waals surface area contributed by atoms with Gasteiger partial charge in [-0.1, -0.05) is 11.6 Å². The summed E-state index contributed by atoms with van der Waals surface area (Å²) in [4.78, 5) is 3.84. The van der Waals surface area contributed by atoms with E-state index in [0.29, 0.717) is 9.26 Å². The van der Waals surface area contributed by atoms with Crippen molar-refractivity contribution in [3.63, 3.8) is 0 Å². The Balaban J connectivity index is 3.33. The highest BCUT2D eigenvalue weighted by Crippen LogP contribution is 2.30. The van der Waals surface area contributed by atoms with Crippen molar-refractivity contribution in [1.29, 1.82) is 0 Å². The van der Waals surface area contributed by atoms with Crippen molar-refractivity contribution in [2.45, 2.75) is 13.3 Å². The molecule has 0 spiro atoms. The molecule has 1 nitrogen and oxygen atoms in total. The first kappa shape index (κ1) is 10.1. The summed E-state index contributed by atoms with van der Waals surface area (Å²) >= 11 is 7.45. The first-order chi connectivity index (χ1) is 5.54. The predicted octanol–water partition coefficient (Wildman–Crippen LogP) is 3.59. The summed E-state index contributed by atoms with van der Waals surface area (Å²) in [6.45, 7) is 1.59. The number of alkyl halides is 2. The Morgan fingerprint density at radius 1 is 1.58 bits per heavy atom. The second-order valence-corrected chi connectivity index (χ2v) is 3.67. The zero-order chi connectivity index (χ0) is 9.30. The Morgan fingerprint density at radius 3 is 2.58 bits per heavy atom. The number of hydrogen-bond acceptors (Lipinski definition) is 1. The van der Waals surface area contributed by atoms with Gasteiger partial charge in [-0.3, -0.25) is 0 Å². The monoisotopic (exact) mass is 303 g/mol. The Labute approximate surface area is 87.3 Å². The van der Waals surface area contributed by atoms with Crippen molar-refractivity contribution in [3.8, 4) is 0 Å². The molecule has 0 unspecified atom stereocenters. The van der Waals surface area contributed by atoms with E-state index in [2.05, 4.69) is 4.98 Å². The van der Waals surface area contributed by atoms with Gasteiger partial charge < -0.3 is 0 Å². The largest absolute Gasteiger partial charge is 0.265 e. The number of aromatic nitrogens is 1. The molecule has 1 rings (SSSR count). The zero-order valence-corrected chi connectivity index (χ0v) is 9.03. The van der Waals surface area contributed by atoms with Gasteiger partial charge in [-0.15, -0.1) is 0 Å². The van der Waals surface area contributed by atoms with Crippen LogP contribution < -0.4 is 0 Å². The molecule has 0 amide bonds. The van der Waals surface area contributed by atoms with Gasteiger partial charge in [0.1, 0.15) is 3.70 Å². The Morgan fingerprint density at radius 2 is 2.17 bits per heavy atom. The number of pyridine rings is 1. The molecular weight excluding hydrogens is 298 g/mol. The average molecular weight is 303 g/mol. The van der Waals surface area contributed by atoms with E-state index < -0.39 is 6.43 Å². The first-order valence-corrected chi connectivity index (χ1v) is 4.58. The molecule has 0 saturated heterocycles. The summed E-state index contributed by atoms with van der Waals surface area (Å²) in [6.07, 6.45) is -1.29. The van der Waals surface area contributed by atoms with Crippen LogP contribution in [0.25, 0.3) is 0 Å². The minimum Gasteiger partial charge on any atom is -0.248 e. The van der Waals surface area contributed by atoms with Gasteiger partial charge in [0, 0.05) is 11.8 Å². The van der Waals surface area contributed by atoms with Crippen LogP contribution in [0.2, 0.25) is 5.02 Å². The average Bonchev–Trinajstić information content (AvgIpc) is 1.97. The molecule has 0 bridgehead atoms. The minimum atomic E-state index is -2.53. The van der Waals surface area contributed by atoms with Crippen LogP contribution in [0, 0.1) is 10.6 Å². The third-order valence-electron chi connectivity index (χ3n) is 1.48. The lowest BCUT2D eigenvalue weighted by atomic mass is 10.2. The molecule has 1 aromatic rings. The quantitative estimate of drug-likeness (QED) is 0.571. The van der Waals surface area contributed by atoms with Crippen LogP contribution in [-0.2, 0) is 0 Å². The highest BCUT2D eigenvalue weighted by molar-refractivity contribution is 14.1. The lowest BCUT2D eigenvalue weighted by Gasteiger charge is -2.07. The summed E-state index contributed by atoms with van der Waals surface area (Å²) in [5.41, 5.74) is 0.342. The highest BCUT2D eigenvalue weighted by atomic mass is 127. The topological polar surface area (TPSA) is 12.9 Å². The molecule has 0 atom stereocenters. The van der Waals surface area contributed by atoms with E-state index in [1.807, 2.05) is 22.6 Å². The molecule has 0 aliphatic rings. The molecule has 1 heterocycles. The summed E-state index contributed by atoms with van der Waals surface area (Å²) in [7, 11) is 0. The Kier molecular flexibility index (Phi) is 3.22. The maximum absolute atomic E-state index is 12.4. The molecule has 0 aliphatic carbocycles. The van der Waals surface area contributed by atoms with Crippen molar-refractivity contribution in [2.24, 2.45) is 0 Å². The van der Waals surface area contributed by atoms with E-state index in [9.17, 15) is 8.78 Å². The van der Waals surface area contributed by atoms with Crippen LogP contribution >= 0.6 is 34.2 Å². The molecule has 66 valence electrons. The molecule has 0 saturated carbocycles. The van der Waals surface area contributed by atoms with E-state index in [-0.39, 0.29) is 10.6 Å². The molecular formula is C7H5ClF2IN. The molecule has 12 heavy (non-hydrogen) atoms. The smallest absolute Gasteiger partial charge is 0.248 e. The van der Waals surface area contributed by atoms with E-state index >= 15 is 0 Å². The van der Waals surface area contributed by atoms with Gasteiger partial charge in [-0.2, -0.15) is 0 Å². The lowest BCUT2D eigenvalue weighted by Crippen LogP contribution is -1.96. The summed E-state index contributed by atoms with van der Waals surface area (Å²) in [5.74, 6) is 0. The van der Waals surface area contributed by atoms with E-state index in [4.69, 9.17) is 11.6 Å². The molecule has 0 fully saturated rings. The minimum absolute atomic E-state index is 0.0305. The van der Waals surface area contributed by atoms with Gasteiger partial charge in [0.2, 0.25) is 0 Å². The van der Waals surface area contributed by atoms with Gasteiger partial charge in [0.15, 0.2) is 0 Å². The summed E-state index contributed by atoms with van der Waals surface area (Å²) in [5, 5.41) is 0.0305. The fourth-order valence-corrected chi connectivity index (χ4v) is 1.54. The number of nitrogens with zero attached hydrogens (tertiary/aromatic N) is 1. The highest BCUT2D eigenvalue weighted by Gasteiger charge is 2.17. The van der Waals surface area contributed by atoms with E-state index in [1.54, 1.807) is 6.92 Å². The van der Waals surface area contributed by atoms with Crippen LogP contribution in [0.5, 0.6) is 0 Å². The van der Waals surface area contributed by atoms with Crippen molar-refractivity contribution >= 4 is 34.2 Å². The summed E-state index contributed by atoms with van der Waals surface area (Å²) in [6, 6.07) is 0. The normalized spacial score (nSPS) is 10.8. The van der Waals surface area contributed by atoms with Crippen LogP contribution in [0.3, 0.4) is 0 Å². The third kappa shape index (κ3) is 1.85. The molecule has 5 heteroatoms. The fourth-order valence-electron chi connectivity index (χ4n) is 0.838. The molecule has 0 N–H and O–H groups in total. The first-order valence-electron chi connectivity index (χ1n) is 3.12. The molecule has 1 aromatic heterocycles. The number of hydrogen-bond donors (Lipinski definition) is 0. The standard InChI is InChI=1S/C7H5ClF2IN/c1-3-5(6(9)10)4(8)2-12-7(3)11/h2,6H,1H3. The Bertz CT molecular complexity index is 304. The molecule has 0 aliphatic heterocycles. The van der Waals surface area contributed by atoms with E-state index in [0.717, 1.165) is 0 Å². The van der Waals surface area contributed by atoms with Gasteiger partial charge in [-0.25, -0.2) is 13.8 Å². The molecule has 0 aromatic carbocycles. The third-order valence-corrected chi connectivity index (χ3v) is 2.87. The van der Waals surface area contributed by atoms with Gasteiger partial charge >= 0.3 is 0 Å². The second kappa shape index (κ2) is 3.83. The van der Waals surface area contributed by atoms with Gasteiger partial charge in [0.25, 0.3) is 6.43 Å². The van der Waals surface area contributed by atoms with Crippen LogP contribution in [0.15, 0.2) is 6.20 Å². The van der Waals surface area contributed by atoms with Crippen molar-refractivity contribution in [1.82, 2.24) is 4.98 Å². The molecule has 0 radical (unpaired) electrons. The Hall–Kier alpha value is 0.0300. The lowest BCUT2D eigenvalue weighted by molar-refractivity contribution is 0.150. The van der Waals surface area contributed by atoms with Gasteiger partial charge in [-0.05, 0) is 35.1 Å². The van der Waals surface area contributed by atoms with Crippen LogP contribution in [0.1, 0.15) is 17.6 Å². The van der Waals surface area contributed by atoms with E-state index in [1.165, 1.54) is 6.20 Å². The van der Waals surface area contributed by atoms with Crippen molar-refractivity contribution in [3.05, 3.63) is 26.0 Å².